The minimum absolute atomic E-state index is 0.00609. The van der Waals surface area contributed by atoms with Gasteiger partial charge in [-0.05, 0) is 243 Å². The van der Waals surface area contributed by atoms with E-state index >= 15 is 0 Å². The summed E-state index contributed by atoms with van der Waals surface area (Å²) in [6.07, 6.45) is 33.7. The van der Waals surface area contributed by atoms with Crippen LogP contribution in [0.15, 0.2) is 213 Å². The van der Waals surface area contributed by atoms with E-state index in [0.29, 0.717) is 118 Å². The summed E-state index contributed by atoms with van der Waals surface area (Å²) in [7, 11) is 0. The lowest BCUT2D eigenvalue weighted by Crippen LogP contribution is -2.40. The van der Waals surface area contributed by atoms with Gasteiger partial charge in [-0.1, -0.05) is 24.8 Å². The molecule has 7 amide bonds. The Morgan fingerprint density at radius 3 is 1.30 bits per heavy atom. The third-order valence-electron chi connectivity index (χ3n) is 28.2. The van der Waals surface area contributed by atoms with Gasteiger partial charge in [0.1, 0.15) is 22.4 Å². The molecule has 4 saturated heterocycles. The van der Waals surface area contributed by atoms with Crippen LogP contribution in [-0.2, 0) is 6.42 Å². The first-order valence-corrected chi connectivity index (χ1v) is 43.5. The Hall–Kier alpha value is -14.1. The number of piperidine rings is 4. The first-order valence-electron chi connectivity index (χ1n) is 43.5. The van der Waals surface area contributed by atoms with Gasteiger partial charge in [0.2, 0.25) is 0 Å². The van der Waals surface area contributed by atoms with E-state index < -0.39 is 0 Å². The number of aromatic amines is 1. The summed E-state index contributed by atoms with van der Waals surface area (Å²) in [6, 6.07) is 35.8. The second-order valence-electron chi connectivity index (χ2n) is 35.5. The number of aliphatic imine (C=N–C) groups is 1. The van der Waals surface area contributed by atoms with Crippen molar-refractivity contribution in [2.75, 3.05) is 78.5 Å². The van der Waals surface area contributed by atoms with Gasteiger partial charge in [0.05, 0.1) is 42.4 Å². The number of aryl methyl sites for hydroxylation is 1. The Bertz CT molecular complexity index is 6260. The van der Waals surface area contributed by atoms with Crippen molar-refractivity contribution < 1.29 is 51.2 Å². The van der Waals surface area contributed by atoms with Crippen LogP contribution in [0.25, 0.3) is 66.1 Å². The number of rotatable bonds is 17. The maximum atomic E-state index is 13.1. The monoisotopic (exact) mass is 1690 g/mol. The molecule has 4 saturated carbocycles. The number of fused-ring (bicyclic) bond motifs is 7. The number of nitrogens with zero attached hydrogens (tertiary/aromatic N) is 14. The van der Waals surface area contributed by atoms with Crippen molar-refractivity contribution in [3.05, 3.63) is 247 Å². The lowest BCUT2D eigenvalue weighted by Gasteiger charge is -2.36. The molecule has 8 fully saturated rings. The normalized spacial score (nSPS) is 19.8. The van der Waals surface area contributed by atoms with Crippen LogP contribution in [0.2, 0.25) is 0 Å². The summed E-state index contributed by atoms with van der Waals surface area (Å²) in [5, 5.41) is 26.6. The number of carbonyl (C=O) groups excluding carboxylic acids is 7. The first kappa shape index (κ1) is 80.4. The van der Waals surface area contributed by atoms with Crippen molar-refractivity contribution >= 4 is 119 Å². The highest BCUT2D eigenvalue weighted by atomic mass is 16.4. The molecule has 17 heterocycles. The number of likely N-dealkylation sites (tertiary alicyclic amines) is 4. The summed E-state index contributed by atoms with van der Waals surface area (Å²) >= 11 is 0. The summed E-state index contributed by atoms with van der Waals surface area (Å²) < 4.78 is 24.3. The Morgan fingerprint density at radius 1 is 0.444 bits per heavy atom. The van der Waals surface area contributed by atoms with E-state index in [-0.39, 0.29) is 57.6 Å². The third-order valence-corrected chi connectivity index (χ3v) is 28.2. The molecule has 5 aliphatic heterocycles. The number of hydrogen-bond acceptors (Lipinski definition) is 21. The molecule has 5 N–H and O–H groups in total. The fourth-order valence-corrected chi connectivity index (χ4v) is 19.9. The minimum Gasteiger partial charge on any atom is -0.449 e. The van der Waals surface area contributed by atoms with Crippen LogP contribution < -0.4 is 21.3 Å². The van der Waals surface area contributed by atoms with Gasteiger partial charge in [-0.15, -0.1) is 0 Å². The lowest BCUT2D eigenvalue weighted by molar-refractivity contribution is 0.0654. The molecule has 9 aliphatic rings. The smallest absolute Gasteiger partial charge is 0.287 e. The molecule has 4 unspecified atom stereocenters. The predicted octanol–water partition coefficient (Wildman–Crippen LogP) is 13.7. The number of carbonyl (C=O) groups is 7. The molecule has 0 bridgehead atoms. The quantitative estimate of drug-likeness (QED) is 0.0565. The van der Waals surface area contributed by atoms with Crippen molar-refractivity contribution in [2.24, 2.45) is 50.3 Å². The zero-order chi connectivity index (χ0) is 85.8. The first-order chi connectivity index (χ1) is 61.4. The van der Waals surface area contributed by atoms with E-state index in [2.05, 4.69) is 89.1 Å². The molecule has 12 aromatic heterocycles. The topological polar surface area (TPSA) is 369 Å². The highest BCUT2D eigenvalue weighted by Gasteiger charge is 2.58. The molecule has 126 heavy (non-hydrogen) atoms. The Labute approximate surface area is 723 Å². The SMILES string of the molecule is C=C(c1ccc2n[nH]nc2c1)N1CCC2(CC1)CC2CNC(=O)c1cc2ccncc2o1.Cc1ccnc(C(=O)N2CCC3(CC2)CC3CNC(=O)c2cc3ccncc3o2)c1.O=C(NCC1CC12CCN(C(=O)c1cc3cccn3cn1)CC2)c1cc2ccncc2o1.O=C(NCC1CC12CCN(C(=O)c1cccc3c1N=CC3)CC2)c1cc2ccncc2o1. The lowest BCUT2D eigenvalue weighted by atomic mass is 9.90. The van der Waals surface area contributed by atoms with E-state index in [9.17, 15) is 33.6 Å². The van der Waals surface area contributed by atoms with Crippen molar-refractivity contribution in [2.45, 2.75) is 90.4 Å². The number of nitrogens with one attached hydrogen (secondary N) is 5. The Kier molecular flexibility index (Phi) is 21.2. The number of hydrogen-bond donors (Lipinski definition) is 5. The largest absolute Gasteiger partial charge is 0.449 e. The fraction of sp³-hybridized carbons (Fsp3) is 0.354. The molecule has 23 rings (SSSR count). The van der Waals surface area contributed by atoms with Crippen LogP contribution in [0.3, 0.4) is 0 Å². The number of H-pyrrole nitrogens is 1. The number of amides is 7. The number of para-hydroxylation sites is 1. The molecular formula is C96H95N19O11. The number of furan rings is 4. The van der Waals surface area contributed by atoms with E-state index in [1.807, 2.05) is 123 Å². The van der Waals surface area contributed by atoms with Crippen molar-refractivity contribution in [1.82, 2.24) is 90.6 Å². The van der Waals surface area contributed by atoms with E-state index in [1.54, 1.807) is 86.4 Å². The van der Waals surface area contributed by atoms with Crippen molar-refractivity contribution in [3.63, 3.8) is 0 Å². The van der Waals surface area contributed by atoms with Crippen LogP contribution in [0, 0.1) is 52.3 Å². The summed E-state index contributed by atoms with van der Waals surface area (Å²) in [5.74, 6) is 2.56. The maximum Gasteiger partial charge on any atom is 0.287 e. The average Bonchev–Trinajstić information content (AvgIpc) is 1.60. The van der Waals surface area contributed by atoms with Crippen LogP contribution in [0.4, 0.5) is 5.69 Å². The van der Waals surface area contributed by atoms with Gasteiger partial charge in [-0.3, -0.25) is 63.5 Å². The highest BCUT2D eigenvalue weighted by Crippen LogP contribution is 2.62. The highest BCUT2D eigenvalue weighted by molar-refractivity contribution is 6.02. The van der Waals surface area contributed by atoms with Gasteiger partial charge in [-0.25, -0.2) is 4.98 Å². The summed E-state index contributed by atoms with van der Waals surface area (Å²) in [4.78, 5) is 126. The number of aromatic nitrogens is 10. The van der Waals surface area contributed by atoms with Crippen molar-refractivity contribution in [3.8, 4) is 0 Å². The van der Waals surface area contributed by atoms with E-state index in [4.69, 9.17) is 17.7 Å². The second kappa shape index (κ2) is 33.2. The van der Waals surface area contributed by atoms with Gasteiger partial charge in [0, 0.05) is 161 Å². The number of benzene rings is 2. The molecule has 4 atom stereocenters. The molecule has 2 aromatic carbocycles. The molecule has 640 valence electrons. The zero-order valence-corrected chi connectivity index (χ0v) is 69.8. The van der Waals surface area contributed by atoms with Gasteiger partial charge < -0.3 is 62.9 Å². The zero-order valence-electron chi connectivity index (χ0n) is 69.8. The van der Waals surface area contributed by atoms with Crippen LogP contribution in [0.5, 0.6) is 0 Å². The molecule has 4 spiro atoms. The standard InChI is InChI=1S/C25H24N4O3.C24H24N6O2.C24H23N5O3.C23H24N4O3/c30-23(20-12-17-4-8-26-15-21(17)32-20)28-14-18-13-25(18)6-10-29(11-7-25)24(31)19-3-1-2-16-5-9-27-22(16)19;1-15(16-2-3-19-20(10-16)28-29-27-19)30-8-5-24(6-9-30)12-18(24)13-26-23(31)21-11-17-4-7-25-14-22(17)32-21;30-22(20-10-16-3-6-25-14-21(16)32-20)26-13-17-12-24(17)4-8-28(9-5-24)23(31)19-11-18-2-1-7-29(18)15-27-19;1-15-2-7-25-18(10-15)22(29)27-8-4-23(5-9-27)12-17(23)13-26-21(28)19-11-16-3-6-24-14-20(16)30-19/h1-4,8-9,12,15,18H,5-7,10-11,13-14H2,(H,28,30);2-4,7,10-11,14,18H,1,5-6,8-9,12-13H2,(H,26,31)(H,27,28,29);1-3,6-7,10-11,14-15,17H,4-5,8-9,12-13H2,(H,26,30);2-3,6-7,10-11,14,17H,4-5,8-9,12-13H2,1H3,(H,26,28). The van der Waals surface area contributed by atoms with Gasteiger partial charge in [0.25, 0.3) is 41.4 Å². The molecule has 30 heteroatoms. The molecule has 4 aliphatic carbocycles. The predicted molar refractivity (Wildman–Crippen MR) is 469 cm³/mol. The Balaban J connectivity index is 0.000000106. The molecule has 0 radical (unpaired) electrons. The van der Waals surface area contributed by atoms with Gasteiger partial charge in [-0.2, -0.15) is 15.4 Å². The summed E-state index contributed by atoms with van der Waals surface area (Å²) in [5.41, 5.74) is 13.1. The van der Waals surface area contributed by atoms with Gasteiger partial charge >= 0.3 is 0 Å². The average molecular weight is 1690 g/mol. The van der Waals surface area contributed by atoms with Crippen molar-refractivity contribution in [1.29, 1.82) is 0 Å². The third kappa shape index (κ3) is 16.4. The second-order valence-corrected chi connectivity index (χ2v) is 35.5. The molecule has 30 nitrogen and oxygen atoms in total. The number of pyridine rings is 5. The Morgan fingerprint density at radius 2 is 0.865 bits per heavy atom. The summed E-state index contributed by atoms with van der Waals surface area (Å²) in [6.45, 7) is 15.3. The minimum atomic E-state index is -0.192. The van der Waals surface area contributed by atoms with Crippen LogP contribution in [-0.4, -0.2) is 195 Å². The maximum absolute atomic E-state index is 13.1. The molecule has 14 aromatic rings. The molecular weight excluding hydrogens is 1600 g/mol. The van der Waals surface area contributed by atoms with Gasteiger partial charge in [0.15, 0.2) is 45.4 Å². The fourth-order valence-electron chi connectivity index (χ4n) is 19.9. The van der Waals surface area contributed by atoms with E-state index in [0.717, 1.165) is 196 Å². The van der Waals surface area contributed by atoms with Crippen LogP contribution >= 0.6 is 0 Å². The van der Waals surface area contributed by atoms with Crippen LogP contribution in [0.1, 0.15) is 167 Å². The van der Waals surface area contributed by atoms with E-state index in [1.165, 1.54) is 6.42 Å².